The van der Waals surface area contributed by atoms with Crippen LogP contribution in [0.5, 0.6) is 5.75 Å². The lowest BCUT2D eigenvalue weighted by Gasteiger charge is -2.18. The molecule has 0 bridgehead atoms. The van der Waals surface area contributed by atoms with E-state index in [9.17, 15) is 9.59 Å². The van der Waals surface area contributed by atoms with E-state index in [0.717, 1.165) is 16.9 Å². The smallest absolute Gasteiger partial charge is 0.273 e. The van der Waals surface area contributed by atoms with Gasteiger partial charge in [0.2, 0.25) is 11.0 Å². The summed E-state index contributed by atoms with van der Waals surface area (Å²) in [6.45, 7) is 5.93. The van der Waals surface area contributed by atoms with Crippen molar-refractivity contribution in [3.63, 3.8) is 0 Å². The summed E-state index contributed by atoms with van der Waals surface area (Å²) in [7, 11) is 1.53. The second kappa shape index (κ2) is 7.83. The normalized spacial score (nSPS) is 15.3. The number of hydrogen-bond acceptors (Lipinski definition) is 7. The van der Waals surface area contributed by atoms with Crippen LogP contribution in [0.2, 0.25) is 0 Å². The Morgan fingerprint density at radius 2 is 2.07 bits per heavy atom. The molecule has 1 N–H and O–H groups in total. The highest BCUT2D eigenvalue weighted by molar-refractivity contribution is 7.15. The maximum atomic E-state index is 12.3. The van der Waals surface area contributed by atoms with Crippen LogP contribution in [0.3, 0.4) is 0 Å². The third-order valence-electron chi connectivity index (χ3n) is 4.34. The lowest BCUT2D eigenvalue weighted by atomic mass is 10.1. The number of nitrogens with zero attached hydrogens (tertiary/aromatic N) is 4. The van der Waals surface area contributed by atoms with Gasteiger partial charge < -0.3 is 4.74 Å². The van der Waals surface area contributed by atoms with Crippen LogP contribution in [0, 0.1) is 13.8 Å². The van der Waals surface area contributed by atoms with Crippen LogP contribution in [-0.4, -0.2) is 39.8 Å². The lowest BCUT2D eigenvalue weighted by Crippen LogP contribution is -2.34. The molecule has 2 aromatic rings. The molecule has 8 nitrogen and oxygen atoms in total. The first kappa shape index (κ1) is 19.0. The minimum absolute atomic E-state index is 0.109. The molecule has 1 aromatic heterocycles. The van der Waals surface area contributed by atoms with Crippen molar-refractivity contribution in [2.45, 2.75) is 39.7 Å². The summed E-state index contributed by atoms with van der Waals surface area (Å²) in [6.07, 6.45) is 0.280. The highest BCUT2D eigenvalue weighted by Gasteiger charge is 2.23. The number of amides is 2. The van der Waals surface area contributed by atoms with Crippen molar-refractivity contribution in [3.05, 3.63) is 34.3 Å². The van der Waals surface area contributed by atoms with Crippen LogP contribution in [0.25, 0.3) is 0 Å². The molecule has 0 unspecified atom stereocenters. The van der Waals surface area contributed by atoms with Crippen LogP contribution in [0.1, 0.15) is 42.0 Å². The molecule has 1 aliphatic heterocycles. The minimum atomic E-state index is -0.375. The second-order valence-corrected chi connectivity index (χ2v) is 7.33. The molecule has 0 saturated heterocycles. The Kier molecular flexibility index (Phi) is 5.50. The minimum Gasteiger partial charge on any atom is -0.483 e. The predicted molar refractivity (Wildman–Crippen MR) is 103 cm³/mol. The summed E-state index contributed by atoms with van der Waals surface area (Å²) in [5.74, 6) is 0.315. The van der Waals surface area contributed by atoms with Crippen molar-refractivity contribution in [2.75, 3.05) is 12.4 Å². The van der Waals surface area contributed by atoms with E-state index in [1.807, 2.05) is 39.0 Å². The Labute approximate surface area is 161 Å². The van der Waals surface area contributed by atoms with E-state index in [2.05, 4.69) is 20.6 Å². The summed E-state index contributed by atoms with van der Waals surface area (Å²) in [5, 5.41) is 17.0. The first-order valence-corrected chi connectivity index (χ1v) is 9.38. The number of carbonyl (C=O) groups is 2. The number of hydrazone groups is 1. The lowest BCUT2D eigenvalue weighted by molar-refractivity contribution is -0.130. The number of aromatic nitrogens is 2. The molecular weight excluding hydrogens is 366 g/mol. The average Bonchev–Trinajstić information content (AvgIpc) is 3.10. The average molecular weight is 387 g/mol. The molecule has 2 amide bonds. The van der Waals surface area contributed by atoms with Gasteiger partial charge in [0.15, 0.2) is 5.01 Å². The number of anilines is 1. The SMILES string of the molecule is Cc1cccc(O[C@H](C)c2nnc(NC(=O)C3=NN(C)C(=O)CC3)s2)c1C. The zero-order valence-electron chi connectivity index (χ0n) is 15.6. The first-order chi connectivity index (χ1) is 12.8. The van der Waals surface area contributed by atoms with Gasteiger partial charge in [0.05, 0.1) is 0 Å². The molecular formula is C18H21N5O3S. The van der Waals surface area contributed by atoms with E-state index in [-0.39, 0.29) is 24.3 Å². The molecule has 0 spiro atoms. The molecule has 1 atom stereocenters. The van der Waals surface area contributed by atoms with Gasteiger partial charge in [0.25, 0.3) is 5.91 Å². The topological polar surface area (TPSA) is 96.8 Å². The van der Waals surface area contributed by atoms with Crippen LogP contribution in [-0.2, 0) is 9.59 Å². The first-order valence-electron chi connectivity index (χ1n) is 8.57. The molecule has 2 heterocycles. The molecule has 0 aliphatic carbocycles. The summed E-state index contributed by atoms with van der Waals surface area (Å²) < 4.78 is 6.00. The van der Waals surface area contributed by atoms with Crippen molar-refractivity contribution in [1.29, 1.82) is 0 Å². The monoisotopic (exact) mass is 387 g/mol. The maximum Gasteiger partial charge on any atom is 0.273 e. The fourth-order valence-electron chi connectivity index (χ4n) is 2.54. The molecule has 0 saturated carbocycles. The summed E-state index contributed by atoms with van der Waals surface area (Å²) >= 11 is 1.25. The van der Waals surface area contributed by atoms with Crippen molar-refractivity contribution in [1.82, 2.24) is 15.2 Å². The molecule has 0 fully saturated rings. The van der Waals surface area contributed by atoms with Crippen molar-refractivity contribution >= 4 is 34.0 Å². The fourth-order valence-corrected chi connectivity index (χ4v) is 3.26. The van der Waals surface area contributed by atoms with Crippen LogP contribution in [0.15, 0.2) is 23.3 Å². The molecule has 142 valence electrons. The van der Waals surface area contributed by atoms with Gasteiger partial charge in [-0.2, -0.15) is 5.10 Å². The highest BCUT2D eigenvalue weighted by Crippen LogP contribution is 2.29. The Bertz CT molecular complexity index is 908. The zero-order chi connectivity index (χ0) is 19.6. The number of hydrogen-bond donors (Lipinski definition) is 1. The number of aryl methyl sites for hydroxylation is 1. The number of carbonyl (C=O) groups excluding carboxylic acids is 2. The number of benzene rings is 1. The van der Waals surface area contributed by atoms with Crippen molar-refractivity contribution in [2.24, 2.45) is 5.10 Å². The van der Waals surface area contributed by atoms with Gasteiger partial charge in [-0.3, -0.25) is 14.9 Å². The van der Waals surface area contributed by atoms with Gasteiger partial charge in [-0.15, -0.1) is 10.2 Å². The fraction of sp³-hybridized carbons (Fsp3) is 0.389. The summed E-state index contributed by atoms with van der Waals surface area (Å²) in [6, 6.07) is 5.90. The predicted octanol–water partition coefficient (Wildman–Crippen LogP) is 2.84. The Morgan fingerprint density at radius 1 is 1.30 bits per heavy atom. The van der Waals surface area contributed by atoms with E-state index in [1.165, 1.54) is 23.4 Å². The van der Waals surface area contributed by atoms with E-state index in [1.54, 1.807) is 0 Å². The van der Waals surface area contributed by atoms with Crippen LogP contribution >= 0.6 is 11.3 Å². The summed E-state index contributed by atoms with van der Waals surface area (Å²) in [4.78, 5) is 23.7. The highest BCUT2D eigenvalue weighted by atomic mass is 32.1. The largest absolute Gasteiger partial charge is 0.483 e. The molecule has 0 radical (unpaired) electrons. The Balaban J connectivity index is 1.66. The van der Waals surface area contributed by atoms with E-state index >= 15 is 0 Å². The Hall–Kier alpha value is -2.81. The number of ether oxygens (including phenoxy) is 1. The van der Waals surface area contributed by atoms with Crippen molar-refractivity contribution < 1.29 is 14.3 Å². The van der Waals surface area contributed by atoms with Gasteiger partial charge in [-0.05, 0) is 38.0 Å². The third kappa shape index (κ3) is 4.30. The van der Waals surface area contributed by atoms with Gasteiger partial charge in [-0.25, -0.2) is 5.01 Å². The number of nitrogens with one attached hydrogen (secondary N) is 1. The van der Waals surface area contributed by atoms with Crippen LogP contribution < -0.4 is 10.1 Å². The van der Waals surface area contributed by atoms with Gasteiger partial charge >= 0.3 is 0 Å². The van der Waals surface area contributed by atoms with Gasteiger partial charge in [-0.1, -0.05) is 23.5 Å². The van der Waals surface area contributed by atoms with E-state index in [4.69, 9.17) is 4.74 Å². The van der Waals surface area contributed by atoms with Gasteiger partial charge in [0, 0.05) is 19.9 Å². The molecule has 9 heteroatoms. The standard InChI is InChI=1S/C18H21N5O3S/c1-10-6-5-7-14(11(10)2)26-12(3)17-20-21-18(27-17)19-16(25)13-8-9-15(24)23(4)22-13/h5-7,12H,8-9H2,1-4H3,(H,19,21,25)/t12-/m1/s1. The summed E-state index contributed by atoms with van der Waals surface area (Å²) in [5.41, 5.74) is 2.53. The zero-order valence-corrected chi connectivity index (χ0v) is 16.5. The maximum absolute atomic E-state index is 12.3. The number of rotatable bonds is 5. The Morgan fingerprint density at radius 3 is 2.81 bits per heavy atom. The third-order valence-corrected chi connectivity index (χ3v) is 5.34. The van der Waals surface area contributed by atoms with E-state index < -0.39 is 0 Å². The second-order valence-electron chi connectivity index (χ2n) is 6.32. The molecule has 1 aliphatic rings. The molecule has 3 rings (SSSR count). The van der Waals surface area contributed by atoms with Gasteiger partial charge in [0.1, 0.15) is 17.6 Å². The van der Waals surface area contributed by atoms with Crippen LogP contribution in [0.4, 0.5) is 5.13 Å². The molecule has 27 heavy (non-hydrogen) atoms. The van der Waals surface area contributed by atoms with Crippen molar-refractivity contribution in [3.8, 4) is 5.75 Å². The van der Waals surface area contributed by atoms with E-state index in [0.29, 0.717) is 22.3 Å². The quantitative estimate of drug-likeness (QED) is 0.851. The molecule has 1 aromatic carbocycles.